The zero-order valence-corrected chi connectivity index (χ0v) is 13.7. The monoisotopic (exact) mass is 328 g/mol. The minimum absolute atomic E-state index is 0.0734. The van der Waals surface area contributed by atoms with Gasteiger partial charge in [-0.25, -0.2) is 0 Å². The maximum absolute atomic E-state index is 12.5. The van der Waals surface area contributed by atoms with Crippen LogP contribution in [-0.2, 0) is 21.3 Å². The van der Waals surface area contributed by atoms with Gasteiger partial charge < -0.3 is 0 Å². The molecule has 0 saturated carbocycles. The minimum atomic E-state index is -4.44. The molecular weight excluding hydrogens is 308 g/mol. The first kappa shape index (κ1) is 17.2. The summed E-state index contributed by atoms with van der Waals surface area (Å²) in [5.74, 6) is 0. The lowest BCUT2D eigenvalue weighted by Gasteiger charge is -2.32. The van der Waals surface area contributed by atoms with Crippen molar-refractivity contribution in [3.8, 4) is 0 Å². The Kier molecular flexibility index (Phi) is 5.19. The molecule has 4 heteroatoms. The molecule has 2 rings (SSSR count). The largest absolute Gasteiger partial charge is 0.285 e. The van der Waals surface area contributed by atoms with Crippen LogP contribution in [0.4, 0.5) is 0 Å². The van der Waals surface area contributed by atoms with Gasteiger partial charge in [-0.15, -0.1) is 13.2 Å². The smallest absolute Gasteiger partial charge is 0.279 e. The van der Waals surface area contributed by atoms with Crippen molar-refractivity contribution in [2.75, 3.05) is 0 Å². The fourth-order valence-corrected chi connectivity index (χ4v) is 4.17. The molecule has 0 bridgehead atoms. The second kappa shape index (κ2) is 6.94. The molecular formula is C19H20O3S. The molecule has 120 valence electrons. The summed E-state index contributed by atoms with van der Waals surface area (Å²) in [7, 11) is -4.44. The van der Waals surface area contributed by atoms with Gasteiger partial charge in [0.15, 0.2) is 4.75 Å². The summed E-state index contributed by atoms with van der Waals surface area (Å²) < 4.78 is 33.5. The van der Waals surface area contributed by atoms with Gasteiger partial charge in [-0.1, -0.05) is 66.7 Å². The molecule has 0 spiro atoms. The topological polar surface area (TPSA) is 54.4 Å². The minimum Gasteiger partial charge on any atom is -0.285 e. The van der Waals surface area contributed by atoms with Crippen molar-refractivity contribution < 1.29 is 13.0 Å². The summed E-state index contributed by atoms with van der Waals surface area (Å²) >= 11 is 0. The number of rotatable bonds is 7. The molecule has 0 aliphatic heterocycles. The van der Waals surface area contributed by atoms with Crippen LogP contribution in [0, 0.1) is 0 Å². The molecule has 0 aliphatic carbocycles. The third-order valence-electron chi connectivity index (χ3n) is 3.93. The zero-order valence-electron chi connectivity index (χ0n) is 12.9. The van der Waals surface area contributed by atoms with Crippen molar-refractivity contribution in [2.24, 2.45) is 0 Å². The van der Waals surface area contributed by atoms with Crippen LogP contribution in [0.2, 0.25) is 0 Å². The molecule has 0 aliphatic rings. The van der Waals surface area contributed by atoms with E-state index >= 15 is 0 Å². The van der Waals surface area contributed by atoms with Crippen molar-refractivity contribution in [3.05, 3.63) is 96.6 Å². The molecule has 1 atom stereocenters. The average Bonchev–Trinajstić information content (AvgIpc) is 2.53. The molecule has 2 aromatic rings. The Hall–Kier alpha value is -2.17. The van der Waals surface area contributed by atoms with Gasteiger partial charge in [-0.3, -0.25) is 4.55 Å². The van der Waals surface area contributed by atoms with Crippen molar-refractivity contribution in [1.82, 2.24) is 0 Å². The van der Waals surface area contributed by atoms with Crippen LogP contribution in [0.25, 0.3) is 0 Å². The molecule has 0 heterocycles. The maximum atomic E-state index is 12.5. The molecule has 23 heavy (non-hydrogen) atoms. The highest BCUT2D eigenvalue weighted by atomic mass is 32.2. The Morgan fingerprint density at radius 3 is 2.13 bits per heavy atom. The molecule has 1 unspecified atom stereocenters. The Morgan fingerprint density at radius 2 is 1.57 bits per heavy atom. The lowest BCUT2D eigenvalue weighted by molar-refractivity contribution is 0.445. The van der Waals surface area contributed by atoms with E-state index in [0.29, 0.717) is 17.5 Å². The molecule has 0 saturated heterocycles. The molecule has 1 N–H and O–H groups in total. The quantitative estimate of drug-likeness (QED) is 0.614. The Bertz CT molecular complexity index is 794. The van der Waals surface area contributed by atoms with Crippen molar-refractivity contribution in [2.45, 2.75) is 17.6 Å². The highest BCUT2D eigenvalue weighted by Crippen LogP contribution is 2.42. The van der Waals surface area contributed by atoms with Crippen LogP contribution in [0.3, 0.4) is 0 Å². The van der Waals surface area contributed by atoms with Crippen molar-refractivity contribution >= 4 is 10.1 Å². The maximum Gasteiger partial charge on any atom is 0.279 e. The SMILES string of the molecule is C=CCc1ccccc1C(CC=C)(c1ccccc1)S(=O)(=O)O. The number of allylic oxidation sites excluding steroid dienone is 2. The van der Waals surface area contributed by atoms with Gasteiger partial charge in [0.1, 0.15) is 0 Å². The number of hydrogen-bond donors (Lipinski definition) is 1. The van der Waals surface area contributed by atoms with Crippen LogP contribution < -0.4 is 0 Å². The van der Waals surface area contributed by atoms with Gasteiger partial charge in [0.25, 0.3) is 10.1 Å². The van der Waals surface area contributed by atoms with Crippen LogP contribution in [0.1, 0.15) is 23.1 Å². The third kappa shape index (κ3) is 3.14. The molecule has 0 amide bonds. The van der Waals surface area contributed by atoms with E-state index in [1.807, 2.05) is 18.2 Å². The molecule has 0 fully saturated rings. The Labute approximate surface area is 137 Å². The summed E-state index contributed by atoms with van der Waals surface area (Å²) in [5.41, 5.74) is 1.87. The highest BCUT2D eigenvalue weighted by Gasteiger charge is 2.46. The van der Waals surface area contributed by atoms with E-state index in [9.17, 15) is 13.0 Å². The molecule has 2 aromatic carbocycles. The first-order valence-electron chi connectivity index (χ1n) is 7.30. The lowest BCUT2D eigenvalue weighted by Crippen LogP contribution is -2.37. The van der Waals surface area contributed by atoms with Crippen LogP contribution >= 0.6 is 0 Å². The van der Waals surface area contributed by atoms with E-state index in [-0.39, 0.29) is 6.42 Å². The summed E-state index contributed by atoms with van der Waals surface area (Å²) in [6.45, 7) is 7.42. The van der Waals surface area contributed by atoms with Crippen molar-refractivity contribution in [1.29, 1.82) is 0 Å². The van der Waals surface area contributed by atoms with E-state index in [2.05, 4.69) is 13.2 Å². The highest BCUT2D eigenvalue weighted by molar-refractivity contribution is 7.87. The summed E-state index contributed by atoms with van der Waals surface area (Å²) in [5, 5.41) is 0. The zero-order chi connectivity index (χ0) is 16.9. The predicted molar refractivity (Wildman–Crippen MR) is 93.9 cm³/mol. The summed E-state index contributed by atoms with van der Waals surface area (Å²) in [4.78, 5) is 0. The standard InChI is InChI=1S/C19H20O3S/c1-3-10-16-11-8-9-14-18(16)19(15-4-2,23(20,21)22)17-12-6-5-7-13-17/h3-9,11-14H,1-2,10,15H2,(H,20,21,22). The van der Waals surface area contributed by atoms with Gasteiger partial charge in [0.2, 0.25) is 0 Å². The molecule has 3 nitrogen and oxygen atoms in total. The normalized spacial score (nSPS) is 14.0. The van der Waals surface area contributed by atoms with Gasteiger partial charge in [0.05, 0.1) is 0 Å². The first-order chi connectivity index (χ1) is 11.0. The van der Waals surface area contributed by atoms with E-state index in [4.69, 9.17) is 0 Å². The molecule has 0 aromatic heterocycles. The lowest BCUT2D eigenvalue weighted by atomic mass is 9.84. The summed E-state index contributed by atoms with van der Waals surface area (Å²) in [6.07, 6.45) is 3.82. The van der Waals surface area contributed by atoms with E-state index in [0.717, 1.165) is 5.56 Å². The fraction of sp³-hybridized carbons (Fsp3) is 0.158. The van der Waals surface area contributed by atoms with E-state index < -0.39 is 14.9 Å². The average molecular weight is 328 g/mol. The number of hydrogen-bond acceptors (Lipinski definition) is 2. The Morgan fingerprint density at radius 1 is 0.957 bits per heavy atom. The summed E-state index contributed by atoms with van der Waals surface area (Å²) in [6, 6.07) is 15.9. The fourth-order valence-electron chi connectivity index (χ4n) is 2.93. The van der Waals surface area contributed by atoms with E-state index in [1.165, 1.54) is 6.08 Å². The van der Waals surface area contributed by atoms with Crippen LogP contribution in [0.5, 0.6) is 0 Å². The Balaban J connectivity index is 2.88. The van der Waals surface area contributed by atoms with Gasteiger partial charge in [0, 0.05) is 0 Å². The van der Waals surface area contributed by atoms with Gasteiger partial charge in [-0.05, 0) is 29.5 Å². The third-order valence-corrected chi connectivity index (χ3v) is 5.43. The second-order valence-corrected chi connectivity index (χ2v) is 6.96. The number of benzene rings is 2. The van der Waals surface area contributed by atoms with Crippen molar-refractivity contribution in [3.63, 3.8) is 0 Å². The van der Waals surface area contributed by atoms with Gasteiger partial charge >= 0.3 is 0 Å². The second-order valence-electron chi connectivity index (χ2n) is 5.31. The first-order valence-corrected chi connectivity index (χ1v) is 8.74. The van der Waals surface area contributed by atoms with Crippen LogP contribution in [0.15, 0.2) is 79.9 Å². The van der Waals surface area contributed by atoms with Gasteiger partial charge in [-0.2, -0.15) is 8.42 Å². The predicted octanol–water partition coefficient (Wildman–Crippen LogP) is 4.12. The molecule has 0 radical (unpaired) electrons. The van der Waals surface area contributed by atoms with Crippen LogP contribution in [-0.4, -0.2) is 13.0 Å². The van der Waals surface area contributed by atoms with E-state index in [1.54, 1.807) is 42.5 Å².